The highest BCUT2D eigenvalue weighted by molar-refractivity contribution is 5.75. The molecule has 1 aliphatic heterocycles. The van der Waals surface area contributed by atoms with Crippen molar-refractivity contribution in [1.82, 2.24) is 14.5 Å². The minimum absolute atomic E-state index is 0.136. The highest BCUT2D eigenvalue weighted by atomic mass is 19.1. The van der Waals surface area contributed by atoms with Gasteiger partial charge in [-0.3, -0.25) is 4.57 Å². The van der Waals surface area contributed by atoms with Crippen molar-refractivity contribution in [1.29, 1.82) is 0 Å². The standard InChI is InChI=1S/C15H20FN3O/c1-2-18-7-5-11(6-8-18)10-19-14-4-3-12(16)9-13(14)17-15(19)20/h3-4,9,11H,2,5-8,10H2,1H3,(H,17,20). The molecule has 20 heavy (non-hydrogen) atoms. The molecule has 1 N–H and O–H groups in total. The van der Waals surface area contributed by atoms with Crippen molar-refractivity contribution in [2.24, 2.45) is 5.92 Å². The van der Waals surface area contributed by atoms with Gasteiger partial charge in [-0.15, -0.1) is 0 Å². The van der Waals surface area contributed by atoms with E-state index in [0.29, 0.717) is 11.4 Å². The van der Waals surface area contributed by atoms with E-state index in [0.717, 1.165) is 44.5 Å². The van der Waals surface area contributed by atoms with Gasteiger partial charge >= 0.3 is 5.69 Å². The molecular formula is C15H20FN3O. The number of rotatable bonds is 3. The molecule has 0 bridgehead atoms. The predicted molar refractivity (Wildman–Crippen MR) is 77.4 cm³/mol. The van der Waals surface area contributed by atoms with Crippen molar-refractivity contribution in [2.45, 2.75) is 26.3 Å². The van der Waals surface area contributed by atoms with Gasteiger partial charge in [-0.2, -0.15) is 0 Å². The first-order chi connectivity index (χ1) is 9.67. The van der Waals surface area contributed by atoms with Gasteiger partial charge in [0, 0.05) is 6.54 Å². The van der Waals surface area contributed by atoms with Crippen molar-refractivity contribution >= 4 is 11.0 Å². The zero-order chi connectivity index (χ0) is 14.1. The number of nitrogens with one attached hydrogen (secondary N) is 1. The summed E-state index contributed by atoms with van der Waals surface area (Å²) in [6.45, 7) is 6.21. The summed E-state index contributed by atoms with van der Waals surface area (Å²) in [6.07, 6.45) is 2.24. The van der Waals surface area contributed by atoms with Gasteiger partial charge in [0.1, 0.15) is 5.82 Å². The summed E-state index contributed by atoms with van der Waals surface area (Å²) in [7, 11) is 0. The lowest BCUT2D eigenvalue weighted by Crippen LogP contribution is -2.35. The number of aromatic nitrogens is 2. The van der Waals surface area contributed by atoms with E-state index < -0.39 is 0 Å². The fourth-order valence-electron chi connectivity index (χ4n) is 3.06. The highest BCUT2D eigenvalue weighted by Crippen LogP contribution is 2.20. The van der Waals surface area contributed by atoms with E-state index in [4.69, 9.17) is 0 Å². The van der Waals surface area contributed by atoms with Gasteiger partial charge in [0.05, 0.1) is 11.0 Å². The Kier molecular flexibility index (Phi) is 3.61. The molecule has 4 nitrogen and oxygen atoms in total. The number of fused-ring (bicyclic) bond motifs is 1. The Hall–Kier alpha value is -1.62. The molecular weight excluding hydrogens is 257 g/mol. The molecule has 1 saturated heterocycles. The second kappa shape index (κ2) is 5.40. The average molecular weight is 277 g/mol. The molecule has 1 fully saturated rings. The quantitative estimate of drug-likeness (QED) is 0.934. The molecule has 2 aromatic rings. The normalized spacial score (nSPS) is 17.9. The Morgan fingerprint density at radius 1 is 1.35 bits per heavy atom. The molecule has 0 amide bonds. The molecule has 5 heteroatoms. The van der Waals surface area contributed by atoms with Crippen LogP contribution in [0.25, 0.3) is 11.0 Å². The van der Waals surface area contributed by atoms with E-state index in [-0.39, 0.29) is 11.5 Å². The number of hydrogen-bond donors (Lipinski definition) is 1. The smallest absolute Gasteiger partial charge is 0.305 e. The molecule has 1 aromatic carbocycles. The lowest BCUT2D eigenvalue weighted by atomic mass is 9.97. The number of piperidine rings is 1. The topological polar surface area (TPSA) is 41.0 Å². The largest absolute Gasteiger partial charge is 0.326 e. The molecule has 0 radical (unpaired) electrons. The number of nitrogens with zero attached hydrogens (tertiary/aromatic N) is 2. The van der Waals surface area contributed by atoms with Gasteiger partial charge in [0.15, 0.2) is 0 Å². The highest BCUT2D eigenvalue weighted by Gasteiger charge is 2.20. The average Bonchev–Trinajstić information content (AvgIpc) is 2.75. The predicted octanol–water partition coefficient (Wildman–Crippen LogP) is 2.20. The van der Waals surface area contributed by atoms with Gasteiger partial charge in [0.25, 0.3) is 0 Å². The van der Waals surface area contributed by atoms with Crippen LogP contribution in [0.4, 0.5) is 4.39 Å². The van der Waals surface area contributed by atoms with Crippen LogP contribution in [0.2, 0.25) is 0 Å². The van der Waals surface area contributed by atoms with E-state index >= 15 is 0 Å². The SMILES string of the molecule is CCN1CCC(Cn2c(=O)[nH]c3cc(F)ccc32)CC1. The minimum Gasteiger partial charge on any atom is -0.305 e. The van der Waals surface area contributed by atoms with Gasteiger partial charge < -0.3 is 9.88 Å². The summed E-state index contributed by atoms with van der Waals surface area (Å²) in [4.78, 5) is 17.2. The zero-order valence-corrected chi connectivity index (χ0v) is 11.7. The first-order valence-electron chi connectivity index (χ1n) is 7.28. The second-order valence-corrected chi connectivity index (χ2v) is 5.58. The lowest BCUT2D eigenvalue weighted by molar-refractivity contribution is 0.181. The monoisotopic (exact) mass is 277 g/mol. The third kappa shape index (κ3) is 2.50. The number of H-pyrrole nitrogens is 1. The van der Waals surface area contributed by atoms with Gasteiger partial charge in [-0.05, 0) is 56.6 Å². The third-order valence-corrected chi connectivity index (χ3v) is 4.33. The van der Waals surface area contributed by atoms with Crippen LogP contribution in [0.1, 0.15) is 19.8 Å². The van der Waals surface area contributed by atoms with E-state index in [2.05, 4.69) is 16.8 Å². The van der Waals surface area contributed by atoms with Crippen LogP contribution in [-0.2, 0) is 6.54 Å². The van der Waals surface area contributed by atoms with Gasteiger partial charge in [-0.25, -0.2) is 9.18 Å². The number of halogens is 1. The summed E-state index contributed by atoms with van der Waals surface area (Å²) < 4.78 is 14.9. The van der Waals surface area contributed by atoms with E-state index in [1.54, 1.807) is 10.6 Å². The van der Waals surface area contributed by atoms with Crippen LogP contribution in [0.5, 0.6) is 0 Å². The summed E-state index contributed by atoms with van der Waals surface area (Å²) in [5.41, 5.74) is 1.25. The van der Waals surface area contributed by atoms with Crippen LogP contribution in [0.15, 0.2) is 23.0 Å². The fraction of sp³-hybridized carbons (Fsp3) is 0.533. The fourth-order valence-corrected chi connectivity index (χ4v) is 3.06. The summed E-state index contributed by atoms with van der Waals surface area (Å²) in [6, 6.07) is 4.47. The minimum atomic E-state index is -0.317. The maximum Gasteiger partial charge on any atom is 0.326 e. The molecule has 0 spiro atoms. The molecule has 108 valence electrons. The molecule has 0 atom stereocenters. The lowest BCUT2D eigenvalue weighted by Gasteiger charge is -2.31. The molecule has 1 aromatic heterocycles. The number of benzene rings is 1. The van der Waals surface area contributed by atoms with Crippen molar-refractivity contribution < 1.29 is 4.39 Å². The Labute approximate surface area is 117 Å². The van der Waals surface area contributed by atoms with Crippen molar-refractivity contribution in [3.05, 3.63) is 34.5 Å². The zero-order valence-electron chi connectivity index (χ0n) is 11.7. The van der Waals surface area contributed by atoms with Crippen molar-refractivity contribution in [3.8, 4) is 0 Å². The first kappa shape index (κ1) is 13.4. The van der Waals surface area contributed by atoms with Crippen LogP contribution in [-0.4, -0.2) is 34.1 Å². The maximum absolute atomic E-state index is 13.2. The van der Waals surface area contributed by atoms with Gasteiger partial charge in [-0.1, -0.05) is 6.92 Å². The number of imidazole rings is 1. The first-order valence-corrected chi connectivity index (χ1v) is 7.28. The van der Waals surface area contributed by atoms with Crippen molar-refractivity contribution in [3.63, 3.8) is 0 Å². The van der Waals surface area contributed by atoms with Gasteiger partial charge in [0.2, 0.25) is 0 Å². The van der Waals surface area contributed by atoms with E-state index in [9.17, 15) is 9.18 Å². The third-order valence-electron chi connectivity index (χ3n) is 4.33. The Balaban J connectivity index is 1.81. The number of hydrogen-bond acceptors (Lipinski definition) is 2. The Morgan fingerprint density at radius 2 is 2.10 bits per heavy atom. The van der Waals surface area contributed by atoms with E-state index in [1.165, 1.54) is 12.1 Å². The van der Waals surface area contributed by atoms with Crippen LogP contribution in [0.3, 0.4) is 0 Å². The molecule has 0 aliphatic carbocycles. The summed E-state index contributed by atoms with van der Waals surface area (Å²) in [5.74, 6) is 0.210. The summed E-state index contributed by atoms with van der Waals surface area (Å²) in [5, 5.41) is 0. The Morgan fingerprint density at radius 3 is 2.80 bits per heavy atom. The van der Waals surface area contributed by atoms with Crippen LogP contribution < -0.4 is 5.69 Å². The molecule has 0 saturated carbocycles. The van der Waals surface area contributed by atoms with Crippen LogP contribution in [0, 0.1) is 11.7 Å². The molecule has 3 rings (SSSR count). The number of likely N-dealkylation sites (tertiary alicyclic amines) is 1. The molecule has 2 heterocycles. The maximum atomic E-state index is 13.2. The second-order valence-electron chi connectivity index (χ2n) is 5.58. The van der Waals surface area contributed by atoms with Crippen LogP contribution >= 0.6 is 0 Å². The Bertz CT molecular complexity index is 653. The van der Waals surface area contributed by atoms with E-state index in [1.807, 2.05) is 0 Å². The summed E-state index contributed by atoms with van der Waals surface area (Å²) >= 11 is 0. The number of aromatic amines is 1. The molecule has 0 unspecified atom stereocenters. The van der Waals surface area contributed by atoms with Crippen molar-refractivity contribution in [2.75, 3.05) is 19.6 Å². The molecule has 1 aliphatic rings.